The van der Waals surface area contributed by atoms with Crippen molar-refractivity contribution < 1.29 is 23.8 Å². The van der Waals surface area contributed by atoms with Gasteiger partial charge in [-0.2, -0.15) is 0 Å². The Labute approximate surface area is 285 Å². The Hall–Kier alpha value is -1.38. The summed E-state index contributed by atoms with van der Waals surface area (Å²) < 4.78 is 20.0. The molecule has 0 radical (unpaired) electrons. The number of amides is 3. The monoisotopic (exact) mass is 655 g/mol. The van der Waals surface area contributed by atoms with Crippen LogP contribution in [0.2, 0.25) is 0 Å². The van der Waals surface area contributed by atoms with Crippen LogP contribution in [-0.2, 0) is 19.0 Å². The molecule has 10 unspecified atom stereocenters. The van der Waals surface area contributed by atoms with E-state index in [1.165, 1.54) is 44.9 Å². The Balaban J connectivity index is 1.07. The lowest BCUT2D eigenvalue weighted by atomic mass is 9.41. The molecule has 8 heteroatoms. The number of ether oxygens (including phenoxy) is 3. The highest BCUT2D eigenvalue weighted by Gasteiger charge is 2.83. The first-order chi connectivity index (χ1) is 22.0. The van der Waals surface area contributed by atoms with Crippen LogP contribution in [0, 0.1) is 56.7 Å². The molecule has 266 valence electrons. The van der Waals surface area contributed by atoms with Crippen LogP contribution in [0.25, 0.3) is 0 Å². The van der Waals surface area contributed by atoms with Crippen LogP contribution in [0.3, 0.4) is 0 Å². The zero-order valence-corrected chi connectivity index (χ0v) is 31.3. The Kier molecular flexibility index (Phi) is 8.21. The van der Waals surface area contributed by atoms with Crippen molar-refractivity contribution in [3.8, 4) is 0 Å². The fraction of sp³-hybridized carbons (Fsp3) is 0.949. The lowest BCUT2D eigenvalue weighted by Gasteiger charge is -2.63. The van der Waals surface area contributed by atoms with Crippen molar-refractivity contribution in [2.24, 2.45) is 56.7 Å². The molecule has 0 aromatic heterocycles. The number of urea groups is 1. The minimum absolute atomic E-state index is 0.000608. The number of morpholine rings is 1. The number of carbonyl (C=O) groups excluding carboxylic acids is 2. The highest BCUT2D eigenvalue weighted by Crippen LogP contribution is 2.89. The number of likely N-dealkylation sites (N-methyl/N-ethyl adjacent to an activating group) is 1. The van der Waals surface area contributed by atoms with E-state index >= 15 is 0 Å². The van der Waals surface area contributed by atoms with E-state index in [9.17, 15) is 9.59 Å². The number of rotatable bonds is 5. The predicted octanol–water partition coefficient (Wildman–Crippen LogP) is 6.67. The van der Waals surface area contributed by atoms with Crippen LogP contribution in [0.1, 0.15) is 106 Å². The summed E-state index contributed by atoms with van der Waals surface area (Å²) in [4.78, 5) is 30.9. The van der Waals surface area contributed by atoms with Crippen LogP contribution >= 0.6 is 0 Å². The summed E-state index contributed by atoms with van der Waals surface area (Å²) in [7, 11) is 5.57. The van der Waals surface area contributed by atoms with Gasteiger partial charge < -0.3 is 28.9 Å². The molecule has 2 saturated heterocycles. The smallest absolute Gasteiger partial charge is 0.319 e. The van der Waals surface area contributed by atoms with Gasteiger partial charge in [0.15, 0.2) is 6.29 Å². The summed E-state index contributed by atoms with van der Waals surface area (Å²) in [5.74, 6) is 2.83. The number of hydrogen-bond donors (Lipinski definition) is 0. The van der Waals surface area contributed by atoms with Crippen LogP contribution in [0.4, 0.5) is 4.79 Å². The van der Waals surface area contributed by atoms with Crippen LogP contribution < -0.4 is 0 Å². The van der Waals surface area contributed by atoms with E-state index < -0.39 is 0 Å². The number of hydrogen-bond acceptors (Lipinski definition) is 5. The Morgan fingerprint density at radius 1 is 0.957 bits per heavy atom. The molecule has 7 aliphatic rings. The van der Waals surface area contributed by atoms with Crippen molar-refractivity contribution in [1.82, 2.24) is 14.7 Å². The highest BCUT2D eigenvalue weighted by atomic mass is 16.7. The topological polar surface area (TPSA) is 71.5 Å². The Morgan fingerprint density at radius 2 is 1.66 bits per heavy atom. The average molecular weight is 656 g/mol. The van der Waals surface area contributed by atoms with Crippen LogP contribution in [0.15, 0.2) is 0 Å². The first-order valence-corrected chi connectivity index (χ1v) is 19.1. The van der Waals surface area contributed by atoms with Crippen LogP contribution in [-0.4, -0.2) is 98.6 Å². The fourth-order valence-electron chi connectivity index (χ4n) is 13.9. The largest absolute Gasteiger partial charge is 0.373 e. The van der Waals surface area contributed by atoms with Gasteiger partial charge in [0.05, 0.1) is 31.5 Å². The lowest BCUT2D eigenvalue weighted by Crippen LogP contribution is -2.59. The summed E-state index contributed by atoms with van der Waals surface area (Å²) in [5, 5.41) is 0. The van der Waals surface area contributed by atoms with E-state index in [0.717, 1.165) is 18.8 Å². The van der Waals surface area contributed by atoms with Crippen LogP contribution in [0.5, 0.6) is 0 Å². The third kappa shape index (κ3) is 4.82. The number of fused-ring (bicyclic) bond motifs is 4. The Bertz CT molecular complexity index is 1250. The Morgan fingerprint density at radius 3 is 2.36 bits per heavy atom. The molecule has 5 saturated carbocycles. The first kappa shape index (κ1) is 34.1. The van der Waals surface area contributed by atoms with Gasteiger partial charge in [-0.1, -0.05) is 48.5 Å². The molecular weight excluding hydrogens is 590 g/mol. The first-order valence-electron chi connectivity index (χ1n) is 19.1. The molecule has 0 aromatic carbocycles. The van der Waals surface area contributed by atoms with E-state index in [2.05, 4.69) is 34.6 Å². The summed E-state index contributed by atoms with van der Waals surface area (Å²) in [5.41, 5.74) is 1.56. The minimum Gasteiger partial charge on any atom is -0.373 e. The van der Waals surface area contributed by atoms with Gasteiger partial charge in [0.25, 0.3) is 0 Å². The average Bonchev–Trinajstić information content (AvgIpc) is 3.60. The van der Waals surface area contributed by atoms with E-state index in [-0.39, 0.29) is 47.2 Å². The third-order valence-electron chi connectivity index (χ3n) is 16.0. The molecule has 0 aromatic rings. The molecule has 2 aliphatic heterocycles. The number of nitrogens with zero attached hydrogens (tertiary/aromatic N) is 3. The SMILES string of the molecule is CC(C)C(=O)N1CCOC(OC2CCC34CC35CCC3(C)C6C(C[C@@]3(C)C5CCC4C2(C)C)OC(CN(C)C(=O)N(C)C)C[C@H]6C)C1. The molecule has 47 heavy (non-hydrogen) atoms. The van der Waals surface area contributed by atoms with Crippen molar-refractivity contribution in [3.63, 3.8) is 0 Å². The van der Waals surface area contributed by atoms with Crippen molar-refractivity contribution in [3.05, 3.63) is 0 Å². The van der Waals surface area contributed by atoms with Gasteiger partial charge in [-0.3, -0.25) is 4.79 Å². The third-order valence-corrected chi connectivity index (χ3v) is 16.0. The maximum absolute atomic E-state index is 12.8. The molecule has 8 nitrogen and oxygen atoms in total. The fourth-order valence-corrected chi connectivity index (χ4v) is 13.9. The second-order valence-electron chi connectivity index (χ2n) is 19.0. The second kappa shape index (κ2) is 11.3. The molecular formula is C39H65N3O5. The molecule has 7 rings (SSSR count). The number of carbonyl (C=O) groups is 2. The maximum Gasteiger partial charge on any atom is 0.319 e. The van der Waals surface area contributed by atoms with Gasteiger partial charge in [0.2, 0.25) is 5.91 Å². The van der Waals surface area contributed by atoms with E-state index in [1.807, 2.05) is 44.8 Å². The summed E-state index contributed by atoms with van der Waals surface area (Å²) in [6, 6.07) is 0.0534. The van der Waals surface area contributed by atoms with Crippen molar-refractivity contribution in [2.75, 3.05) is 47.4 Å². The van der Waals surface area contributed by atoms with Gasteiger partial charge in [0, 0.05) is 40.2 Å². The highest BCUT2D eigenvalue weighted by molar-refractivity contribution is 5.78. The lowest BCUT2D eigenvalue weighted by molar-refractivity contribution is -0.246. The molecule has 3 amide bonds. The molecule has 0 N–H and O–H groups in total. The normalized spacial score (nSPS) is 48.0. The summed E-state index contributed by atoms with van der Waals surface area (Å²) in [6.07, 6.45) is 11.5. The molecule has 2 heterocycles. The zero-order chi connectivity index (χ0) is 33.9. The van der Waals surface area contributed by atoms with E-state index in [1.54, 1.807) is 4.90 Å². The molecule has 12 atom stereocenters. The summed E-state index contributed by atoms with van der Waals surface area (Å²) >= 11 is 0. The summed E-state index contributed by atoms with van der Waals surface area (Å²) in [6.45, 7) is 19.2. The van der Waals surface area contributed by atoms with Crippen molar-refractivity contribution in [2.45, 2.75) is 131 Å². The van der Waals surface area contributed by atoms with E-state index in [0.29, 0.717) is 66.3 Å². The van der Waals surface area contributed by atoms with Crippen molar-refractivity contribution >= 4 is 11.9 Å². The second-order valence-corrected chi connectivity index (χ2v) is 19.0. The zero-order valence-electron chi connectivity index (χ0n) is 31.3. The van der Waals surface area contributed by atoms with E-state index in [4.69, 9.17) is 14.2 Å². The van der Waals surface area contributed by atoms with Gasteiger partial charge in [-0.25, -0.2) is 4.79 Å². The molecule has 5 aliphatic carbocycles. The minimum atomic E-state index is -0.322. The molecule has 7 fully saturated rings. The van der Waals surface area contributed by atoms with Gasteiger partial charge in [0.1, 0.15) is 0 Å². The van der Waals surface area contributed by atoms with Crippen molar-refractivity contribution in [1.29, 1.82) is 0 Å². The van der Waals surface area contributed by atoms with Gasteiger partial charge >= 0.3 is 6.03 Å². The maximum atomic E-state index is 12.8. The molecule has 0 bridgehead atoms. The quantitative estimate of drug-likeness (QED) is 0.331. The standard InChI is InChI=1S/C39H65N3O5/c1-24(2)33(43)42-17-18-45-31(22-42)47-30-13-14-38-23-39(38)16-15-36(6)32-25(3)19-26(21-41(10)34(44)40(8)9)46-27(32)20-37(36,7)29(39)12-11-28(38)35(30,4)5/h24-32H,11-23H2,1-10H3/t25-,26?,27?,28?,29?,30?,31?,32?,36?,37+,38?,39?/m1/s1. The van der Waals surface area contributed by atoms with Gasteiger partial charge in [-0.05, 0) is 109 Å². The predicted molar refractivity (Wildman–Crippen MR) is 182 cm³/mol. The van der Waals surface area contributed by atoms with Gasteiger partial charge in [-0.15, -0.1) is 0 Å². The molecule has 2 spiro atoms.